The van der Waals surface area contributed by atoms with E-state index in [9.17, 15) is 9.59 Å². The molecule has 1 aromatic carbocycles. The molecule has 0 saturated heterocycles. The summed E-state index contributed by atoms with van der Waals surface area (Å²) in [7, 11) is 0. The van der Waals surface area contributed by atoms with E-state index >= 15 is 0 Å². The Morgan fingerprint density at radius 2 is 1.94 bits per heavy atom. The van der Waals surface area contributed by atoms with Gasteiger partial charge >= 0.3 is 0 Å². The molecular formula is C11H11ClN2O2. The quantitative estimate of drug-likeness (QED) is 0.790. The Balaban J connectivity index is 2.48. The second-order valence-corrected chi connectivity index (χ2v) is 4.19. The summed E-state index contributed by atoms with van der Waals surface area (Å²) in [4.78, 5) is 25.1. The van der Waals surface area contributed by atoms with Crippen LogP contribution >= 0.6 is 11.6 Å². The first-order valence-electron chi connectivity index (χ1n) is 4.93. The van der Waals surface area contributed by atoms with Crippen molar-refractivity contribution in [2.45, 2.75) is 13.0 Å². The number of rotatable bonds is 2. The Morgan fingerprint density at radius 3 is 2.56 bits per heavy atom. The molecule has 0 spiro atoms. The lowest BCUT2D eigenvalue weighted by Crippen LogP contribution is -2.42. The highest BCUT2D eigenvalue weighted by atomic mass is 35.5. The average molecular weight is 239 g/mol. The van der Waals surface area contributed by atoms with Gasteiger partial charge in [0.25, 0.3) is 11.8 Å². The summed E-state index contributed by atoms with van der Waals surface area (Å²) < 4.78 is 0. The Labute approximate surface area is 98.0 Å². The predicted molar refractivity (Wildman–Crippen MR) is 60.5 cm³/mol. The molecule has 1 heterocycles. The number of hydrogen-bond acceptors (Lipinski definition) is 3. The Morgan fingerprint density at radius 1 is 1.31 bits per heavy atom. The van der Waals surface area contributed by atoms with Crippen LogP contribution in [-0.2, 0) is 0 Å². The van der Waals surface area contributed by atoms with E-state index in [1.807, 2.05) is 0 Å². The summed E-state index contributed by atoms with van der Waals surface area (Å²) in [5.41, 5.74) is 6.23. The fourth-order valence-electron chi connectivity index (χ4n) is 1.74. The predicted octanol–water partition coefficient (Wildman–Crippen LogP) is 1.28. The zero-order valence-electron chi connectivity index (χ0n) is 8.74. The lowest BCUT2D eigenvalue weighted by atomic mass is 10.1. The number of carbonyl (C=O) groups is 2. The van der Waals surface area contributed by atoms with Crippen molar-refractivity contribution in [1.29, 1.82) is 0 Å². The third-order valence-electron chi connectivity index (χ3n) is 2.66. The lowest BCUT2D eigenvalue weighted by molar-refractivity contribution is 0.0602. The van der Waals surface area contributed by atoms with Gasteiger partial charge in [0.1, 0.15) is 0 Å². The molecule has 0 fully saturated rings. The second-order valence-electron chi connectivity index (χ2n) is 3.75. The van der Waals surface area contributed by atoms with Gasteiger partial charge in [0.2, 0.25) is 0 Å². The molecule has 4 nitrogen and oxygen atoms in total. The highest BCUT2D eigenvalue weighted by Gasteiger charge is 2.37. The first-order valence-corrected chi connectivity index (χ1v) is 5.31. The number of fused-ring (bicyclic) bond motifs is 1. The fourth-order valence-corrected chi connectivity index (χ4v) is 1.91. The van der Waals surface area contributed by atoms with Crippen LogP contribution in [0.5, 0.6) is 0 Å². The molecular weight excluding hydrogens is 228 g/mol. The molecule has 1 unspecified atom stereocenters. The van der Waals surface area contributed by atoms with Crippen LogP contribution in [0.1, 0.15) is 27.6 Å². The third-order valence-corrected chi connectivity index (χ3v) is 2.90. The van der Waals surface area contributed by atoms with E-state index in [4.69, 9.17) is 17.3 Å². The average Bonchev–Trinajstić information content (AvgIpc) is 2.51. The molecule has 0 bridgehead atoms. The van der Waals surface area contributed by atoms with Gasteiger partial charge in [0.05, 0.1) is 11.1 Å². The van der Waals surface area contributed by atoms with E-state index in [1.54, 1.807) is 19.1 Å². The highest BCUT2D eigenvalue weighted by Crippen LogP contribution is 2.26. The Hall–Kier alpha value is -1.39. The number of imide groups is 1. The lowest BCUT2D eigenvalue weighted by Gasteiger charge is -2.20. The Kier molecular flexibility index (Phi) is 2.69. The van der Waals surface area contributed by atoms with Crippen LogP contribution in [0.2, 0.25) is 5.02 Å². The van der Waals surface area contributed by atoms with Gasteiger partial charge in [-0.1, -0.05) is 11.6 Å². The van der Waals surface area contributed by atoms with E-state index in [0.29, 0.717) is 16.1 Å². The van der Waals surface area contributed by atoms with Gasteiger partial charge in [-0.15, -0.1) is 0 Å². The summed E-state index contributed by atoms with van der Waals surface area (Å²) >= 11 is 5.79. The molecule has 0 aromatic heterocycles. The van der Waals surface area contributed by atoms with Gasteiger partial charge in [-0.25, -0.2) is 0 Å². The summed E-state index contributed by atoms with van der Waals surface area (Å²) in [5, 5.41) is 0.446. The van der Waals surface area contributed by atoms with Crippen molar-refractivity contribution in [3.05, 3.63) is 34.3 Å². The van der Waals surface area contributed by atoms with Crippen molar-refractivity contribution in [1.82, 2.24) is 4.90 Å². The van der Waals surface area contributed by atoms with Crippen LogP contribution in [0.4, 0.5) is 0 Å². The molecule has 0 saturated carbocycles. The van der Waals surface area contributed by atoms with Crippen LogP contribution in [0.25, 0.3) is 0 Å². The first kappa shape index (κ1) is 11.1. The molecule has 2 amide bonds. The summed E-state index contributed by atoms with van der Waals surface area (Å²) in [6, 6.07) is 4.38. The standard InChI is InChI=1S/C11H11ClN2O2/c1-6(5-13)14-10(15)8-3-2-7(12)4-9(8)11(14)16/h2-4,6H,5,13H2,1H3. The van der Waals surface area contributed by atoms with E-state index < -0.39 is 0 Å². The zero-order valence-corrected chi connectivity index (χ0v) is 9.49. The minimum absolute atomic E-state index is 0.249. The number of benzene rings is 1. The van der Waals surface area contributed by atoms with Crippen molar-refractivity contribution in [3.63, 3.8) is 0 Å². The third kappa shape index (κ3) is 1.50. The summed E-state index contributed by atoms with van der Waals surface area (Å²) in [6.07, 6.45) is 0. The van der Waals surface area contributed by atoms with Gasteiger partial charge in [-0.3, -0.25) is 14.5 Å². The normalized spacial score (nSPS) is 16.6. The van der Waals surface area contributed by atoms with E-state index in [1.165, 1.54) is 11.0 Å². The van der Waals surface area contributed by atoms with Gasteiger partial charge < -0.3 is 5.73 Å². The minimum Gasteiger partial charge on any atom is -0.328 e. The zero-order chi connectivity index (χ0) is 11.9. The largest absolute Gasteiger partial charge is 0.328 e. The maximum absolute atomic E-state index is 12.0. The first-order chi connectivity index (χ1) is 7.56. The van der Waals surface area contributed by atoms with Crippen LogP contribution in [0, 0.1) is 0 Å². The number of amides is 2. The molecule has 5 heteroatoms. The fraction of sp³-hybridized carbons (Fsp3) is 0.273. The number of nitrogens with zero attached hydrogens (tertiary/aromatic N) is 1. The second kappa shape index (κ2) is 3.88. The van der Waals surface area contributed by atoms with E-state index in [0.717, 1.165) is 0 Å². The number of carbonyl (C=O) groups excluding carboxylic acids is 2. The summed E-state index contributed by atoms with van der Waals surface area (Å²) in [6.45, 7) is 1.99. The van der Waals surface area contributed by atoms with E-state index in [2.05, 4.69) is 0 Å². The maximum Gasteiger partial charge on any atom is 0.261 e. The monoisotopic (exact) mass is 238 g/mol. The molecule has 1 atom stereocenters. The van der Waals surface area contributed by atoms with Gasteiger partial charge in [-0.2, -0.15) is 0 Å². The van der Waals surface area contributed by atoms with Crippen LogP contribution in [-0.4, -0.2) is 29.3 Å². The summed E-state index contributed by atoms with van der Waals surface area (Å²) in [5.74, 6) is -0.616. The molecule has 0 radical (unpaired) electrons. The Bertz CT molecular complexity index is 473. The molecule has 1 aliphatic heterocycles. The van der Waals surface area contributed by atoms with Crippen LogP contribution in [0.15, 0.2) is 18.2 Å². The number of hydrogen-bond donors (Lipinski definition) is 1. The molecule has 2 rings (SSSR count). The van der Waals surface area contributed by atoms with Crippen molar-refractivity contribution in [2.24, 2.45) is 5.73 Å². The number of nitrogens with two attached hydrogens (primary N) is 1. The van der Waals surface area contributed by atoms with Crippen LogP contribution in [0.3, 0.4) is 0 Å². The molecule has 1 aromatic rings. The number of halogens is 1. The minimum atomic E-state index is -0.319. The topological polar surface area (TPSA) is 63.4 Å². The van der Waals surface area contributed by atoms with Gasteiger partial charge in [0, 0.05) is 17.6 Å². The molecule has 1 aliphatic rings. The smallest absolute Gasteiger partial charge is 0.261 e. The molecule has 84 valence electrons. The molecule has 2 N–H and O–H groups in total. The van der Waals surface area contributed by atoms with Crippen molar-refractivity contribution >= 4 is 23.4 Å². The van der Waals surface area contributed by atoms with E-state index in [-0.39, 0.29) is 24.4 Å². The van der Waals surface area contributed by atoms with Crippen molar-refractivity contribution in [3.8, 4) is 0 Å². The molecule has 0 aliphatic carbocycles. The van der Waals surface area contributed by atoms with Gasteiger partial charge in [0.15, 0.2) is 0 Å². The van der Waals surface area contributed by atoms with Gasteiger partial charge in [-0.05, 0) is 25.1 Å². The highest BCUT2D eigenvalue weighted by molar-refractivity contribution is 6.32. The molecule has 16 heavy (non-hydrogen) atoms. The van der Waals surface area contributed by atoms with Crippen LogP contribution < -0.4 is 5.73 Å². The van der Waals surface area contributed by atoms with Crippen molar-refractivity contribution in [2.75, 3.05) is 6.54 Å². The van der Waals surface area contributed by atoms with Crippen molar-refractivity contribution < 1.29 is 9.59 Å². The maximum atomic E-state index is 12.0. The SMILES string of the molecule is CC(CN)N1C(=O)c2ccc(Cl)cc2C1=O.